The summed E-state index contributed by atoms with van der Waals surface area (Å²) in [5.41, 5.74) is -0.396. The Labute approximate surface area is 98.6 Å². The minimum absolute atomic E-state index is 0.145. The molecular weight excluding hydrogens is 323 g/mol. The fraction of sp³-hybridized carbons (Fsp3) is 0.625. The SMILES string of the molecule is CC1(C)[C@@H](C=C(Br)Br)[C@]1(Cl)C(=O)O. The molecule has 1 N–H and O–H groups in total. The lowest BCUT2D eigenvalue weighted by Gasteiger charge is -2.03. The quantitative estimate of drug-likeness (QED) is 0.788. The van der Waals surface area contributed by atoms with Crippen LogP contribution in [-0.4, -0.2) is 16.0 Å². The minimum atomic E-state index is -1.15. The molecule has 1 rings (SSSR count). The van der Waals surface area contributed by atoms with Gasteiger partial charge in [0.2, 0.25) is 0 Å². The Hall–Kier alpha value is 0.460. The first-order chi connectivity index (χ1) is 5.74. The summed E-state index contributed by atoms with van der Waals surface area (Å²) in [6.45, 7) is 3.69. The maximum Gasteiger partial charge on any atom is 0.325 e. The fourth-order valence-electron chi connectivity index (χ4n) is 1.61. The Morgan fingerprint density at radius 1 is 1.54 bits per heavy atom. The van der Waals surface area contributed by atoms with Crippen LogP contribution in [0.4, 0.5) is 0 Å². The number of rotatable bonds is 2. The summed E-state index contributed by atoms with van der Waals surface area (Å²) in [4.78, 5) is 9.75. The molecule has 0 heterocycles. The van der Waals surface area contributed by atoms with Crippen LogP contribution in [0.5, 0.6) is 0 Å². The van der Waals surface area contributed by atoms with Crippen molar-refractivity contribution in [1.82, 2.24) is 0 Å². The van der Waals surface area contributed by atoms with Crippen LogP contribution in [0.2, 0.25) is 0 Å². The number of carboxylic acid groups (broad SMARTS) is 1. The largest absolute Gasteiger partial charge is 0.480 e. The van der Waals surface area contributed by atoms with Crippen LogP contribution in [-0.2, 0) is 4.79 Å². The zero-order chi connectivity index (χ0) is 10.4. The molecule has 1 fully saturated rings. The van der Waals surface area contributed by atoms with Gasteiger partial charge in [-0.15, -0.1) is 11.6 Å². The fourth-order valence-corrected chi connectivity index (χ4v) is 2.53. The van der Waals surface area contributed by atoms with E-state index < -0.39 is 16.3 Å². The molecule has 2 atom stereocenters. The number of carboxylic acids is 1. The van der Waals surface area contributed by atoms with Gasteiger partial charge in [0.1, 0.15) is 0 Å². The van der Waals surface area contributed by atoms with E-state index in [-0.39, 0.29) is 5.92 Å². The summed E-state index contributed by atoms with van der Waals surface area (Å²) in [6, 6.07) is 0. The first-order valence-electron chi connectivity index (χ1n) is 3.69. The molecule has 5 heteroatoms. The lowest BCUT2D eigenvalue weighted by molar-refractivity contribution is -0.138. The van der Waals surface area contributed by atoms with E-state index >= 15 is 0 Å². The lowest BCUT2D eigenvalue weighted by Crippen LogP contribution is -2.21. The van der Waals surface area contributed by atoms with Crippen LogP contribution in [0.1, 0.15) is 13.8 Å². The monoisotopic (exact) mass is 330 g/mol. The lowest BCUT2D eigenvalue weighted by atomic mass is 10.1. The van der Waals surface area contributed by atoms with Crippen molar-refractivity contribution in [2.45, 2.75) is 18.7 Å². The van der Waals surface area contributed by atoms with Gasteiger partial charge in [0, 0.05) is 11.3 Å². The molecule has 0 aliphatic heterocycles. The molecule has 0 aromatic carbocycles. The molecule has 0 amide bonds. The van der Waals surface area contributed by atoms with Gasteiger partial charge < -0.3 is 5.11 Å². The Morgan fingerprint density at radius 2 is 2.00 bits per heavy atom. The number of hydrogen-bond donors (Lipinski definition) is 1. The smallest absolute Gasteiger partial charge is 0.325 e. The van der Waals surface area contributed by atoms with Crippen LogP contribution in [0.15, 0.2) is 9.47 Å². The van der Waals surface area contributed by atoms with Crippen molar-refractivity contribution in [3.63, 3.8) is 0 Å². The van der Waals surface area contributed by atoms with E-state index in [0.717, 1.165) is 3.39 Å². The number of aliphatic carboxylic acids is 1. The molecule has 2 nitrogen and oxygen atoms in total. The predicted octanol–water partition coefficient (Wildman–Crippen LogP) is 3.34. The molecule has 0 spiro atoms. The second kappa shape index (κ2) is 3.24. The molecule has 1 aliphatic rings. The maximum atomic E-state index is 10.9. The summed E-state index contributed by atoms with van der Waals surface area (Å²) in [5.74, 6) is -1.10. The molecule has 0 aromatic heterocycles. The van der Waals surface area contributed by atoms with Gasteiger partial charge in [0.15, 0.2) is 4.87 Å². The van der Waals surface area contributed by atoms with Gasteiger partial charge in [0.25, 0.3) is 0 Å². The van der Waals surface area contributed by atoms with Gasteiger partial charge >= 0.3 is 5.97 Å². The third kappa shape index (κ3) is 1.57. The van der Waals surface area contributed by atoms with Crippen molar-refractivity contribution in [2.24, 2.45) is 11.3 Å². The molecule has 0 radical (unpaired) electrons. The van der Waals surface area contributed by atoms with Gasteiger partial charge in [-0.3, -0.25) is 4.79 Å². The van der Waals surface area contributed by atoms with Gasteiger partial charge in [-0.1, -0.05) is 19.9 Å². The second-order valence-electron chi connectivity index (χ2n) is 3.67. The van der Waals surface area contributed by atoms with Gasteiger partial charge in [-0.25, -0.2) is 0 Å². The van der Waals surface area contributed by atoms with E-state index in [1.807, 2.05) is 13.8 Å². The Kier molecular flexibility index (Phi) is 2.88. The summed E-state index contributed by atoms with van der Waals surface area (Å²) in [7, 11) is 0. The van der Waals surface area contributed by atoms with Crippen LogP contribution in [0.25, 0.3) is 0 Å². The molecule has 0 bridgehead atoms. The number of carbonyl (C=O) groups is 1. The molecule has 0 saturated heterocycles. The highest BCUT2D eigenvalue weighted by Crippen LogP contribution is 2.67. The summed E-state index contributed by atoms with van der Waals surface area (Å²) >= 11 is 12.4. The minimum Gasteiger partial charge on any atom is -0.480 e. The van der Waals surface area contributed by atoms with Crippen molar-refractivity contribution in [3.8, 4) is 0 Å². The third-order valence-corrected chi connectivity index (χ3v) is 4.08. The van der Waals surface area contributed by atoms with E-state index in [1.54, 1.807) is 6.08 Å². The molecule has 74 valence electrons. The number of halogens is 3. The maximum absolute atomic E-state index is 10.9. The Bertz CT molecular complexity index is 284. The second-order valence-corrected chi connectivity index (χ2v) is 7.04. The third-order valence-electron chi connectivity index (χ3n) is 2.66. The van der Waals surface area contributed by atoms with Crippen molar-refractivity contribution in [2.75, 3.05) is 0 Å². The molecular formula is C8H9Br2ClO2. The zero-order valence-electron chi connectivity index (χ0n) is 7.14. The highest BCUT2D eigenvalue weighted by Gasteiger charge is 2.74. The molecule has 13 heavy (non-hydrogen) atoms. The highest BCUT2D eigenvalue weighted by molar-refractivity contribution is 9.28. The van der Waals surface area contributed by atoms with Crippen LogP contribution >= 0.6 is 43.5 Å². The summed E-state index contributed by atoms with van der Waals surface area (Å²) in [6.07, 6.45) is 1.78. The van der Waals surface area contributed by atoms with Gasteiger partial charge in [0.05, 0.1) is 3.39 Å². The Morgan fingerprint density at radius 3 is 2.23 bits per heavy atom. The Balaban J connectivity index is 2.95. The average Bonchev–Trinajstić information content (AvgIpc) is 2.35. The van der Waals surface area contributed by atoms with E-state index in [2.05, 4.69) is 31.9 Å². The standard InChI is InChI=1S/C8H9Br2ClO2/c1-7(2)4(3-5(9)10)8(7,11)6(12)13/h3-4H,1-2H3,(H,12,13)/t4-,8+/m1/s1. The number of allylic oxidation sites excluding steroid dienone is 1. The molecule has 0 unspecified atom stereocenters. The van der Waals surface area contributed by atoms with Crippen molar-refractivity contribution in [3.05, 3.63) is 9.47 Å². The predicted molar refractivity (Wildman–Crippen MR) is 59.4 cm³/mol. The van der Waals surface area contributed by atoms with Crippen LogP contribution < -0.4 is 0 Å². The van der Waals surface area contributed by atoms with Crippen molar-refractivity contribution in [1.29, 1.82) is 0 Å². The van der Waals surface area contributed by atoms with Gasteiger partial charge in [-0.2, -0.15) is 0 Å². The molecule has 0 aromatic rings. The normalized spacial score (nSPS) is 35.3. The van der Waals surface area contributed by atoms with Crippen molar-refractivity contribution < 1.29 is 9.90 Å². The highest BCUT2D eigenvalue weighted by atomic mass is 79.9. The first kappa shape index (κ1) is 11.5. The zero-order valence-corrected chi connectivity index (χ0v) is 11.1. The van der Waals surface area contributed by atoms with E-state index in [0.29, 0.717) is 0 Å². The molecule has 1 saturated carbocycles. The topological polar surface area (TPSA) is 37.3 Å². The molecule has 1 aliphatic carbocycles. The number of hydrogen-bond acceptors (Lipinski definition) is 1. The number of alkyl halides is 1. The first-order valence-corrected chi connectivity index (χ1v) is 5.66. The van der Waals surface area contributed by atoms with E-state index in [9.17, 15) is 4.79 Å². The summed E-state index contributed by atoms with van der Waals surface area (Å²) < 4.78 is 0.738. The van der Waals surface area contributed by atoms with E-state index in [4.69, 9.17) is 16.7 Å². The average molecular weight is 332 g/mol. The van der Waals surface area contributed by atoms with Crippen molar-refractivity contribution >= 4 is 49.4 Å². The van der Waals surface area contributed by atoms with E-state index in [1.165, 1.54) is 0 Å². The summed E-state index contributed by atoms with van der Waals surface area (Å²) in [5, 5.41) is 8.94. The van der Waals surface area contributed by atoms with Crippen LogP contribution in [0.3, 0.4) is 0 Å². The van der Waals surface area contributed by atoms with Crippen LogP contribution in [0, 0.1) is 11.3 Å². The van der Waals surface area contributed by atoms with Gasteiger partial charge in [-0.05, 0) is 31.9 Å².